The van der Waals surface area contributed by atoms with Gasteiger partial charge in [0.05, 0.1) is 32.5 Å². The van der Waals surface area contributed by atoms with Crippen molar-refractivity contribution in [2.45, 2.75) is 71.6 Å². The highest BCUT2D eigenvalue weighted by Crippen LogP contribution is 2.09. The Morgan fingerprint density at radius 1 is 0.800 bits per heavy atom. The number of rotatable bonds is 13. The molecule has 30 heavy (non-hydrogen) atoms. The second-order valence-corrected chi connectivity index (χ2v) is 8.68. The van der Waals surface area contributed by atoms with Gasteiger partial charge >= 0.3 is 12.1 Å². The van der Waals surface area contributed by atoms with Gasteiger partial charge in [0.1, 0.15) is 11.2 Å². The normalized spacial score (nSPS) is 12.8. The van der Waals surface area contributed by atoms with E-state index in [1.54, 1.807) is 41.5 Å². The average molecular weight is 434 g/mol. The lowest BCUT2D eigenvalue weighted by Gasteiger charge is -2.20. The summed E-state index contributed by atoms with van der Waals surface area (Å²) >= 11 is 0. The van der Waals surface area contributed by atoms with Crippen LogP contribution in [0, 0.1) is 0 Å². The van der Waals surface area contributed by atoms with E-state index < -0.39 is 23.3 Å². The predicted molar refractivity (Wildman–Crippen MR) is 112 cm³/mol. The van der Waals surface area contributed by atoms with Gasteiger partial charge in [0.15, 0.2) is 0 Å². The molecule has 0 fully saturated rings. The summed E-state index contributed by atoms with van der Waals surface area (Å²) < 4.78 is 20.9. The number of carbonyl (C=O) groups excluding carboxylic acids is 3. The van der Waals surface area contributed by atoms with Gasteiger partial charge in [-0.3, -0.25) is 9.59 Å². The first kappa shape index (κ1) is 28.1. The molecule has 0 radical (unpaired) electrons. The molecule has 0 heterocycles. The zero-order valence-corrected chi connectivity index (χ0v) is 19.2. The van der Waals surface area contributed by atoms with Gasteiger partial charge in [-0.2, -0.15) is 0 Å². The van der Waals surface area contributed by atoms with Crippen LogP contribution in [0.2, 0.25) is 0 Å². The highest BCUT2D eigenvalue weighted by molar-refractivity contribution is 5.82. The van der Waals surface area contributed by atoms with Crippen LogP contribution in [0.15, 0.2) is 0 Å². The van der Waals surface area contributed by atoms with Crippen LogP contribution in [0.4, 0.5) is 4.79 Å². The third-order valence-electron chi connectivity index (χ3n) is 3.25. The van der Waals surface area contributed by atoms with Crippen LogP contribution in [0.3, 0.4) is 0 Å². The highest BCUT2D eigenvalue weighted by Gasteiger charge is 2.19. The molecule has 0 saturated carbocycles. The number of amides is 2. The lowest BCUT2D eigenvalue weighted by atomic mass is 10.1. The molecule has 1 unspecified atom stereocenters. The maximum Gasteiger partial charge on any atom is 0.407 e. The van der Waals surface area contributed by atoms with E-state index >= 15 is 0 Å². The fourth-order valence-electron chi connectivity index (χ4n) is 2.04. The van der Waals surface area contributed by atoms with Crippen molar-refractivity contribution >= 4 is 18.0 Å². The summed E-state index contributed by atoms with van der Waals surface area (Å²) in [7, 11) is 0. The molecule has 176 valence electrons. The molecule has 0 aliphatic carbocycles. The molecule has 0 aromatic heterocycles. The van der Waals surface area contributed by atoms with Crippen molar-refractivity contribution in [2.24, 2.45) is 5.73 Å². The summed E-state index contributed by atoms with van der Waals surface area (Å²) in [5, 5.41) is 5.24. The maximum atomic E-state index is 11.9. The van der Waals surface area contributed by atoms with Gasteiger partial charge < -0.3 is 35.3 Å². The van der Waals surface area contributed by atoms with E-state index in [4.69, 9.17) is 24.7 Å². The Bertz CT molecular complexity index is 527. The van der Waals surface area contributed by atoms with Gasteiger partial charge in [0, 0.05) is 19.5 Å². The average Bonchev–Trinajstić information content (AvgIpc) is 2.58. The van der Waals surface area contributed by atoms with Gasteiger partial charge in [-0.15, -0.1) is 0 Å². The summed E-state index contributed by atoms with van der Waals surface area (Å²) in [6, 6.07) is -0.779. The van der Waals surface area contributed by atoms with E-state index in [0.717, 1.165) is 0 Å². The van der Waals surface area contributed by atoms with Crippen molar-refractivity contribution in [1.82, 2.24) is 10.6 Å². The first-order valence-electron chi connectivity index (χ1n) is 10.2. The van der Waals surface area contributed by atoms with Crippen LogP contribution in [0.25, 0.3) is 0 Å². The monoisotopic (exact) mass is 433 g/mol. The summed E-state index contributed by atoms with van der Waals surface area (Å²) in [5.41, 5.74) is 4.69. The number of ether oxygens (including phenoxy) is 4. The van der Waals surface area contributed by atoms with Crippen LogP contribution in [-0.4, -0.2) is 74.7 Å². The van der Waals surface area contributed by atoms with E-state index in [2.05, 4.69) is 10.6 Å². The standard InChI is InChI=1S/C20H39N3O7/c1-19(2,3)29-16(24)8-7-15(21)17(25)22-9-11-27-13-14-28-12-10-23-18(26)30-20(4,5)6/h15H,7-14,21H2,1-6H3,(H,22,25)(H,23,26). The third-order valence-corrected chi connectivity index (χ3v) is 3.25. The number of hydrogen-bond donors (Lipinski definition) is 3. The molecule has 4 N–H and O–H groups in total. The zero-order chi connectivity index (χ0) is 23.2. The quantitative estimate of drug-likeness (QED) is 0.290. The molecule has 10 heteroatoms. The number of nitrogens with one attached hydrogen (secondary N) is 2. The molecule has 0 bridgehead atoms. The Morgan fingerprint density at radius 3 is 1.80 bits per heavy atom. The van der Waals surface area contributed by atoms with Crippen LogP contribution in [0.1, 0.15) is 54.4 Å². The molecule has 0 aromatic rings. The SMILES string of the molecule is CC(C)(C)OC(=O)CCC(N)C(=O)NCCOCCOCCNC(=O)OC(C)(C)C. The van der Waals surface area contributed by atoms with Crippen molar-refractivity contribution < 1.29 is 33.3 Å². The molecular formula is C20H39N3O7. The second-order valence-electron chi connectivity index (χ2n) is 8.68. The number of carbonyl (C=O) groups is 3. The summed E-state index contributed by atoms with van der Waals surface area (Å²) in [5.74, 6) is -0.720. The first-order chi connectivity index (χ1) is 13.8. The van der Waals surface area contributed by atoms with Crippen molar-refractivity contribution in [3.05, 3.63) is 0 Å². The Balaban J connectivity index is 3.60. The molecule has 2 amide bonds. The molecule has 1 atom stereocenters. The van der Waals surface area contributed by atoms with E-state index in [0.29, 0.717) is 39.5 Å². The molecule has 0 aliphatic rings. The second kappa shape index (κ2) is 14.2. The molecule has 0 spiro atoms. The molecule has 10 nitrogen and oxygen atoms in total. The first-order valence-corrected chi connectivity index (χ1v) is 10.2. The van der Waals surface area contributed by atoms with Crippen molar-refractivity contribution in [2.75, 3.05) is 39.5 Å². The lowest BCUT2D eigenvalue weighted by Crippen LogP contribution is -2.42. The van der Waals surface area contributed by atoms with Gasteiger partial charge in [-0.05, 0) is 48.0 Å². The summed E-state index contributed by atoms with van der Waals surface area (Å²) in [4.78, 5) is 34.9. The largest absolute Gasteiger partial charge is 0.460 e. The number of hydrogen-bond acceptors (Lipinski definition) is 8. The van der Waals surface area contributed by atoms with Crippen LogP contribution < -0.4 is 16.4 Å². The van der Waals surface area contributed by atoms with E-state index in [-0.39, 0.29) is 24.7 Å². The third kappa shape index (κ3) is 18.1. The van der Waals surface area contributed by atoms with Crippen molar-refractivity contribution in [3.63, 3.8) is 0 Å². The molecular weight excluding hydrogens is 394 g/mol. The minimum Gasteiger partial charge on any atom is -0.460 e. The van der Waals surface area contributed by atoms with E-state index in [1.165, 1.54) is 0 Å². The van der Waals surface area contributed by atoms with Crippen LogP contribution >= 0.6 is 0 Å². The van der Waals surface area contributed by atoms with Crippen molar-refractivity contribution in [3.8, 4) is 0 Å². The maximum absolute atomic E-state index is 11.9. The van der Waals surface area contributed by atoms with E-state index in [9.17, 15) is 14.4 Å². The molecule has 0 rings (SSSR count). The molecule has 0 saturated heterocycles. The Kier molecular flexibility index (Phi) is 13.3. The Labute approximate surface area is 179 Å². The van der Waals surface area contributed by atoms with Crippen LogP contribution in [-0.2, 0) is 28.5 Å². The Hall–Kier alpha value is -1.91. The minimum absolute atomic E-state index is 0.0858. The number of nitrogens with two attached hydrogens (primary N) is 1. The topological polar surface area (TPSA) is 138 Å². The predicted octanol–water partition coefficient (Wildman–Crippen LogP) is 1.11. The van der Waals surface area contributed by atoms with E-state index in [1.807, 2.05) is 0 Å². The van der Waals surface area contributed by atoms with Gasteiger partial charge in [0.25, 0.3) is 0 Å². The fourth-order valence-corrected chi connectivity index (χ4v) is 2.04. The zero-order valence-electron chi connectivity index (χ0n) is 19.2. The van der Waals surface area contributed by atoms with Gasteiger partial charge in [0.2, 0.25) is 5.91 Å². The Morgan fingerprint density at radius 2 is 1.30 bits per heavy atom. The van der Waals surface area contributed by atoms with Gasteiger partial charge in [-0.1, -0.05) is 0 Å². The summed E-state index contributed by atoms with van der Waals surface area (Å²) in [6.45, 7) is 12.7. The number of esters is 1. The smallest absolute Gasteiger partial charge is 0.407 e. The fraction of sp³-hybridized carbons (Fsp3) is 0.850. The minimum atomic E-state index is -0.779. The van der Waals surface area contributed by atoms with Gasteiger partial charge in [-0.25, -0.2) is 4.79 Å². The summed E-state index contributed by atoms with van der Waals surface area (Å²) in [6.07, 6.45) is -0.183. The lowest BCUT2D eigenvalue weighted by molar-refractivity contribution is -0.155. The molecule has 0 aromatic carbocycles. The highest BCUT2D eigenvalue weighted by atomic mass is 16.6. The molecule has 0 aliphatic heterocycles. The van der Waals surface area contributed by atoms with Crippen LogP contribution in [0.5, 0.6) is 0 Å². The number of alkyl carbamates (subject to hydrolysis) is 1. The van der Waals surface area contributed by atoms with Crippen molar-refractivity contribution in [1.29, 1.82) is 0 Å².